The Morgan fingerprint density at radius 3 is 2.50 bits per heavy atom. The third-order valence-electron chi connectivity index (χ3n) is 3.54. The molecule has 20 heavy (non-hydrogen) atoms. The summed E-state index contributed by atoms with van der Waals surface area (Å²) in [4.78, 5) is 24.3. The summed E-state index contributed by atoms with van der Waals surface area (Å²) in [5.41, 5.74) is 0.260. The lowest BCUT2D eigenvalue weighted by molar-refractivity contribution is 0.688. The van der Waals surface area contributed by atoms with Crippen molar-refractivity contribution in [1.82, 2.24) is 23.9 Å². The zero-order valence-corrected chi connectivity index (χ0v) is 11.6. The number of aryl methyl sites for hydroxylation is 2. The molecule has 0 fully saturated rings. The molecule has 7 heteroatoms. The summed E-state index contributed by atoms with van der Waals surface area (Å²) in [6.45, 7) is 2.89. The molecule has 104 valence electrons. The van der Waals surface area contributed by atoms with Crippen molar-refractivity contribution in [3.8, 4) is 0 Å². The monoisotopic (exact) mass is 273 g/mol. The Bertz CT molecular complexity index is 932. The van der Waals surface area contributed by atoms with Gasteiger partial charge in [0.15, 0.2) is 11.3 Å². The van der Waals surface area contributed by atoms with Crippen LogP contribution in [0.25, 0.3) is 22.1 Å². The lowest BCUT2D eigenvalue weighted by atomic mass is 10.2. The smallest absolute Gasteiger partial charge is 0.331 e. The van der Waals surface area contributed by atoms with Crippen LogP contribution in [0.15, 0.2) is 21.9 Å². The average molecular weight is 273 g/mol. The predicted octanol–water partition coefficient (Wildman–Crippen LogP) is 0.392. The van der Waals surface area contributed by atoms with Crippen LogP contribution in [0.3, 0.4) is 0 Å². The van der Waals surface area contributed by atoms with Gasteiger partial charge in [0, 0.05) is 32.2 Å². The molecule has 0 atom stereocenters. The second-order valence-corrected chi connectivity index (χ2v) is 4.85. The Hall–Kier alpha value is -2.44. The Kier molecular flexibility index (Phi) is 2.70. The zero-order chi connectivity index (χ0) is 14.4. The van der Waals surface area contributed by atoms with E-state index in [0.29, 0.717) is 16.7 Å². The van der Waals surface area contributed by atoms with Gasteiger partial charge in [-0.1, -0.05) is 6.92 Å². The molecule has 0 aliphatic rings. The molecule has 0 radical (unpaired) electrons. The van der Waals surface area contributed by atoms with Crippen LogP contribution in [0.2, 0.25) is 0 Å². The van der Waals surface area contributed by atoms with E-state index in [1.807, 2.05) is 16.8 Å². The van der Waals surface area contributed by atoms with E-state index in [2.05, 4.69) is 17.1 Å². The minimum atomic E-state index is -0.399. The normalized spacial score (nSPS) is 11.6. The van der Waals surface area contributed by atoms with Crippen LogP contribution >= 0.6 is 0 Å². The highest BCUT2D eigenvalue weighted by Crippen LogP contribution is 2.19. The van der Waals surface area contributed by atoms with Crippen LogP contribution in [-0.4, -0.2) is 23.9 Å². The molecule has 7 nitrogen and oxygen atoms in total. The van der Waals surface area contributed by atoms with Gasteiger partial charge in [-0.3, -0.25) is 13.9 Å². The summed E-state index contributed by atoms with van der Waals surface area (Å²) < 4.78 is 4.41. The van der Waals surface area contributed by atoms with Gasteiger partial charge in [0.1, 0.15) is 0 Å². The molecule has 0 saturated heterocycles. The second-order valence-electron chi connectivity index (χ2n) is 4.85. The summed E-state index contributed by atoms with van der Waals surface area (Å²) in [6.07, 6.45) is 2.86. The number of rotatable bonds is 2. The van der Waals surface area contributed by atoms with E-state index in [1.165, 1.54) is 11.6 Å². The van der Waals surface area contributed by atoms with E-state index in [4.69, 9.17) is 0 Å². The Balaban J connectivity index is 2.55. The van der Waals surface area contributed by atoms with Crippen LogP contribution in [0.5, 0.6) is 0 Å². The quantitative estimate of drug-likeness (QED) is 0.677. The fraction of sp³-hybridized carbons (Fsp3) is 0.385. The molecule has 3 rings (SSSR count). The van der Waals surface area contributed by atoms with Crippen molar-refractivity contribution in [3.63, 3.8) is 0 Å². The molecule has 0 aliphatic carbocycles. The number of hydrogen-bond donors (Lipinski definition) is 0. The third kappa shape index (κ3) is 1.52. The summed E-state index contributed by atoms with van der Waals surface area (Å²) in [7, 11) is 3.06. The highest BCUT2D eigenvalue weighted by atomic mass is 16.2. The standard InChI is InChI=1S/C13H15N5O2/c1-4-6-18-7-5-8-9-11(15-14-10(8)18)16(2)13(20)17(3)12(9)19/h5,7H,4,6H2,1-3H3. The Morgan fingerprint density at radius 2 is 1.80 bits per heavy atom. The van der Waals surface area contributed by atoms with Crippen molar-refractivity contribution in [2.24, 2.45) is 14.1 Å². The van der Waals surface area contributed by atoms with Gasteiger partial charge >= 0.3 is 5.69 Å². The van der Waals surface area contributed by atoms with Gasteiger partial charge in [-0.15, -0.1) is 10.2 Å². The Morgan fingerprint density at radius 1 is 1.10 bits per heavy atom. The first-order chi connectivity index (χ1) is 9.56. The maximum absolute atomic E-state index is 12.4. The molecule has 3 heterocycles. The average Bonchev–Trinajstić information content (AvgIpc) is 2.85. The molecule has 3 aromatic rings. The highest BCUT2D eigenvalue weighted by molar-refractivity contribution is 6.01. The first-order valence-corrected chi connectivity index (χ1v) is 6.47. The van der Waals surface area contributed by atoms with Gasteiger partial charge < -0.3 is 4.57 Å². The SMILES string of the molecule is CCCn1ccc2c3c(=O)n(C)c(=O)n(C)c3nnc21. The molecule has 0 amide bonds. The molecular formula is C13H15N5O2. The van der Waals surface area contributed by atoms with Crippen LogP contribution in [0.4, 0.5) is 0 Å². The number of aromatic nitrogens is 5. The molecule has 0 aliphatic heterocycles. The zero-order valence-electron chi connectivity index (χ0n) is 11.6. The van der Waals surface area contributed by atoms with Crippen LogP contribution in [0.1, 0.15) is 13.3 Å². The minimum absolute atomic E-state index is 0.319. The van der Waals surface area contributed by atoms with Crippen molar-refractivity contribution in [1.29, 1.82) is 0 Å². The topological polar surface area (TPSA) is 74.7 Å². The Labute approximate surface area is 114 Å². The van der Waals surface area contributed by atoms with E-state index >= 15 is 0 Å². The van der Waals surface area contributed by atoms with Gasteiger partial charge in [0.2, 0.25) is 0 Å². The van der Waals surface area contributed by atoms with Gasteiger partial charge in [0.25, 0.3) is 5.56 Å². The van der Waals surface area contributed by atoms with Crippen LogP contribution in [0, 0.1) is 0 Å². The molecule has 0 N–H and O–H groups in total. The van der Waals surface area contributed by atoms with Gasteiger partial charge in [-0.05, 0) is 12.5 Å². The first-order valence-electron chi connectivity index (χ1n) is 6.47. The fourth-order valence-corrected chi connectivity index (χ4v) is 2.47. The van der Waals surface area contributed by atoms with Crippen molar-refractivity contribution < 1.29 is 0 Å². The highest BCUT2D eigenvalue weighted by Gasteiger charge is 2.15. The summed E-state index contributed by atoms with van der Waals surface area (Å²) in [5, 5.41) is 9.41. The summed E-state index contributed by atoms with van der Waals surface area (Å²) in [5.74, 6) is 0. The van der Waals surface area contributed by atoms with Gasteiger partial charge in [-0.25, -0.2) is 4.79 Å². The lowest BCUT2D eigenvalue weighted by Crippen LogP contribution is -2.37. The minimum Gasteiger partial charge on any atom is -0.331 e. The van der Waals surface area contributed by atoms with Crippen molar-refractivity contribution in [2.45, 2.75) is 19.9 Å². The van der Waals surface area contributed by atoms with E-state index < -0.39 is 5.69 Å². The van der Waals surface area contributed by atoms with Gasteiger partial charge in [0.05, 0.1) is 5.39 Å². The maximum atomic E-state index is 12.4. The van der Waals surface area contributed by atoms with Gasteiger partial charge in [-0.2, -0.15) is 0 Å². The summed E-state index contributed by atoms with van der Waals surface area (Å²) in [6, 6.07) is 1.86. The lowest BCUT2D eigenvalue weighted by Gasteiger charge is -2.07. The second kappa shape index (κ2) is 4.29. The van der Waals surface area contributed by atoms with Crippen molar-refractivity contribution in [2.75, 3.05) is 0 Å². The van der Waals surface area contributed by atoms with Crippen molar-refractivity contribution >= 4 is 22.1 Å². The molecule has 3 aromatic heterocycles. The predicted molar refractivity (Wildman–Crippen MR) is 75.8 cm³/mol. The van der Waals surface area contributed by atoms with Crippen LogP contribution < -0.4 is 11.2 Å². The summed E-state index contributed by atoms with van der Waals surface area (Å²) >= 11 is 0. The first kappa shape index (κ1) is 12.6. The molecule has 0 bridgehead atoms. The fourth-order valence-electron chi connectivity index (χ4n) is 2.47. The largest absolute Gasteiger partial charge is 0.332 e. The van der Waals surface area contributed by atoms with E-state index in [0.717, 1.165) is 22.9 Å². The van der Waals surface area contributed by atoms with Crippen molar-refractivity contribution in [3.05, 3.63) is 33.1 Å². The number of hydrogen-bond acceptors (Lipinski definition) is 4. The molecule has 0 saturated carbocycles. The third-order valence-corrected chi connectivity index (χ3v) is 3.54. The maximum Gasteiger partial charge on any atom is 0.332 e. The van der Waals surface area contributed by atoms with Crippen LogP contribution in [-0.2, 0) is 20.6 Å². The van der Waals surface area contributed by atoms with E-state index in [9.17, 15) is 9.59 Å². The molecular weight excluding hydrogens is 258 g/mol. The van der Waals surface area contributed by atoms with E-state index in [1.54, 1.807) is 7.05 Å². The molecule has 0 spiro atoms. The molecule has 0 unspecified atom stereocenters. The number of fused-ring (bicyclic) bond motifs is 3. The van der Waals surface area contributed by atoms with E-state index in [-0.39, 0.29) is 5.56 Å². The molecule has 0 aromatic carbocycles. The number of nitrogens with zero attached hydrogens (tertiary/aromatic N) is 5.